The predicted molar refractivity (Wildman–Crippen MR) is 67.5 cm³/mol. The summed E-state index contributed by atoms with van der Waals surface area (Å²) in [7, 11) is 0. The van der Waals surface area contributed by atoms with E-state index in [4.69, 9.17) is 11.6 Å². The molecule has 78 valence electrons. The van der Waals surface area contributed by atoms with E-state index in [9.17, 15) is 0 Å². The third-order valence-corrected chi connectivity index (χ3v) is 4.14. The minimum atomic E-state index is 0.475. The molecular weight excluding hydrogens is 296 g/mol. The van der Waals surface area contributed by atoms with Crippen molar-refractivity contribution < 1.29 is 0 Å². The number of aromatic nitrogens is 2. The van der Waals surface area contributed by atoms with Crippen molar-refractivity contribution >= 4 is 39.1 Å². The summed E-state index contributed by atoms with van der Waals surface area (Å²) in [4.78, 5) is 4.15. The fourth-order valence-electron chi connectivity index (χ4n) is 1.40. The number of benzene rings is 1. The van der Waals surface area contributed by atoms with E-state index < -0.39 is 0 Å². The molecule has 0 spiro atoms. The molecule has 0 saturated carbocycles. The first-order chi connectivity index (χ1) is 7.08. The molecule has 0 fully saturated rings. The van der Waals surface area contributed by atoms with Crippen molar-refractivity contribution in [3.05, 3.63) is 32.2 Å². The molecule has 1 heterocycles. The van der Waals surface area contributed by atoms with Gasteiger partial charge in [0.25, 0.3) is 0 Å². The molecule has 1 aromatic heterocycles. The van der Waals surface area contributed by atoms with Crippen LogP contribution >= 0.6 is 39.1 Å². The summed E-state index contributed by atoms with van der Waals surface area (Å²) in [6.07, 6.45) is 0. The lowest BCUT2D eigenvalue weighted by atomic mass is 10.1. The van der Waals surface area contributed by atoms with Crippen molar-refractivity contribution in [1.82, 2.24) is 9.36 Å². The van der Waals surface area contributed by atoms with Crippen LogP contribution in [-0.4, -0.2) is 9.36 Å². The van der Waals surface area contributed by atoms with E-state index in [1.165, 1.54) is 22.7 Å². The van der Waals surface area contributed by atoms with Crippen molar-refractivity contribution in [2.24, 2.45) is 0 Å². The number of aryl methyl sites for hydroxylation is 2. The third kappa shape index (κ3) is 2.22. The third-order valence-electron chi connectivity index (χ3n) is 2.10. The molecule has 0 unspecified atom stereocenters. The van der Waals surface area contributed by atoms with Crippen molar-refractivity contribution in [1.29, 1.82) is 0 Å². The van der Waals surface area contributed by atoms with E-state index in [1.54, 1.807) is 0 Å². The molecule has 0 aliphatic carbocycles. The Morgan fingerprint density at radius 1 is 1.27 bits per heavy atom. The van der Waals surface area contributed by atoms with Gasteiger partial charge in [0.1, 0.15) is 0 Å². The Kier molecular flexibility index (Phi) is 3.09. The van der Waals surface area contributed by atoms with Crippen LogP contribution in [0.15, 0.2) is 16.6 Å². The van der Waals surface area contributed by atoms with E-state index in [0.29, 0.717) is 10.3 Å². The second-order valence-corrected chi connectivity index (χ2v) is 5.42. The molecule has 0 saturated heterocycles. The molecule has 0 bridgehead atoms. The Morgan fingerprint density at radius 2 is 1.87 bits per heavy atom. The summed E-state index contributed by atoms with van der Waals surface area (Å²) >= 11 is 10.5. The normalized spacial score (nSPS) is 10.7. The monoisotopic (exact) mass is 302 g/mol. The summed E-state index contributed by atoms with van der Waals surface area (Å²) < 4.78 is 5.79. The highest BCUT2D eigenvalue weighted by Crippen LogP contribution is 2.28. The molecule has 0 atom stereocenters. The summed E-state index contributed by atoms with van der Waals surface area (Å²) in [5.41, 5.74) is 3.36. The Bertz CT molecular complexity index is 487. The Labute approximate surface area is 106 Å². The van der Waals surface area contributed by atoms with E-state index in [1.807, 2.05) is 0 Å². The molecule has 0 N–H and O–H groups in total. The van der Waals surface area contributed by atoms with E-state index in [0.717, 1.165) is 10.0 Å². The fourth-order valence-corrected chi connectivity index (χ4v) is 2.25. The standard InChI is InChI=1S/C10H8BrClN2S/c1-5-3-7(4-6(2)8(5)11)9-13-10(12)15-14-9/h3-4H,1-2H3. The average Bonchev–Trinajstić information content (AvgIpc) is 2.60. The number of hydrogen-bond donors (Lipinski definition) is 0. The van der Waals surface area contributed by atoms with Crippen LogP contribution in [0.5, 0.6) is 0 Å². The Morgan fingerprint density at radius 3 is 2.33 bits per heavy atom. The first kappa shape index (κ1) is 11.0. The van der Waals surface area contributed by atoms with E-state index >= 15 is 0 Å². The molecule has 0 aliphatic heterocycles. The van der Waals surface area contributed by atoms with Crippen LogP contribution < -0.4 is 0 Å². The van der Waals surface area contributed by atoms with Crippen LogP contribution in [0, 0.1) is 13.8 Å². The SMILES string of the molecule is Cc1cc(-c2nsc(Cl)n2)cc(C)c1Br. The maximum absolute atomic E-state index is 5.76. The number of halogens is 2. The summed E-state index contributed by atoms with van der Waals surface area (Å²) in [6.45, 7) is 4.10. The number of nitrogens with zero attached hydrogens (tertiary/aromatic N) is 2. The molecule has 2 nitrogen and oxygen atoms in total. The van der Waals surface area contributed by atoms with Crippen LogP contribution in [-0.2, 0) is 0 Å². The Hall–Kier alpha value is -0.450. The van der Waals surface area contributed by atoms with Gasteiger partial charge in [-0.2, -0.15) is 4.37 Å². The molecule has 2 aromatic rings. The minimum absolute atomic E-state index is 0.475. The summed E-state index contributed by atoms with van der Waals surface area (Å²) in [5.74, 6) is 0.698. The van der Waals surface area contributed by atoms with Gasteiger partial charge in [0.15, 0.2) is 5.82 Å². The second kappa shape index (κ2) is 4.20. The molecule has 0 amide bonds. The fraction of sp³-hybridized carbons (Fsp3) is 0.200. The topological polar surface area (TPSA) is 25.8 Å². The summed E-state index contributed by atoms with van der Waals surface area (Å²) in [6, 6.07) is 4.10. The molecule has 1 aromatic carbocycles. The van der Waals surface area contributed by atoms with Gasteiger partial charge in [-0.05, 0) is 60.2 Å². The van der Waals surface area contributed by atoms with Crippen molar-refractivity contribution in [2.75, 3.05) is 0 Å². The average molecular weight is 304 g/mol. The van der Waals surface area contributed by atoms with Gasteiger partial charge < -0.3 is 0 Å². The van der Waals surface area contributed by atoms with Gasteiger partial charge in [0.2, 0.25) is 4.47 Å². The molecule has 5 heteroatoms. The Balaban J connectivity index is 2.55. The van der Waals surface area contributed by atoms with Crippen molar-refractivity contribution in [2.45, 2.75) is 13.8 Å². The lowest BCUT2D eigenvalue weighted by Crippen LogP contribution is -1.87. The maximum atomic E-state index is 5.76. The second-order valence-electron chi connectivity index (χ2n) is 3.29. The zero-order valence-corrected chi connectivity index (χ0v) is 11.4. The van der Waals surface area contributed by atoms with E-state index in [2.05, 4.69) is 51.3 Å². The van der Waals surface area contributed by atoms with Gasteiger partial charge in [0, 0.05) is 10.0 Å². The molecule has 0 radical (unpaired) electrons. The zero-order chi connectivity index (χ0) is 11.0. The predicted octanol–water partition coefficient (Wildman–Crippen LogP) is 4.24. The van der Waals surface area contributed by atoms with Crippen LogP contribution in [0.2, 0.25) is 4.47 Å². The molecule has 0 aliphatic rings. The molecule has 2 rings (SSSR count). The lowest BCUT2D eigenvalue weighted by Gasteiger charge is -2.04. The molecular formula is C10H8BrClN2S. The van der Waals surface area contributed by atoms with Crippen LogP contribution in [0.3, 0.4) is 0 Å². The number of hydrogen-bond acceptors (Lipinski definition) is 3. The largest absolute Gasteiger partial charge is 0.203 e. The van der Waals surface area contributed by atoms with Gasteiger partial charge >= 0.3 is 0 Å². The smallest absolute Gasteiger partial charge is 0.203 e. The van der Waals surface area contributed by atoms with Crippen molar-refractivity contribution in [3.8, 4) is 11.4 Å². The zero-order valence-electron chi connectivity index (χ0n) is 8.21. The lowest BCUT2D eigenvalue weighted by molar-refractivity contribution is 1.28. The minimum Gasteiger partial charge on any atom is -0.203 e. The van der Waals surface area contributed by atoms with Gasteiger partial charge in [-0.3, -0.25) is 0 Å². The van der Waals surface area contributed by atoms with Crippen molar-refractivity contribution in [3.63, 3.8) is 0 Å². The van der Waals surface area contributed by atoms with Crippen LogP contribution in [0.1, 0.15) is 11.1 Å². The van der Waals surface area contributed by atoms with Gasteiger partial charge in [-0.15, -0.1) is 0 Å². The van der Waals surface area contributed by atoms with Gasteiger partial charge in [-0.1, -0.05) is 15.9 Å². The highest BCUT2D eigenvalue weighted by atomic mass is 79.9. The summed E-state index contributed by atoms with van der Waals surface area (Å²) in [5, 5.41) is 0. The highest BCUT2D eigenvalue weighted by molar-refractivity contribution is 9.10. The number of rotatable bonds is 1. The van der Waals surface area contributed by atoms with Gasteiger partial charge in [-0.25, -0.2) is 4.98 Å². The first-order valence-corrected chi connectivity index (χ1v) is 6.28. The van der Waals surface area contributed by atoms with E-state index in [-0.39, 0.29) is 0 Å². The van der Waals surface area contributed by atoms with Crippen LogP contribution in [0.4, 0.5) is 0 Å². The maximum Gasteiger partial charge on any atom is 0.203 e. The highest BCUT2D eigenvalue weighted by Gasteiger charge is 2.08. The quantitative estimate of drug-likeness (QED) is 0.787. The first-order valence-electron chi connectivity index (χ1n) is 4.34. The van der Waals surface area contributed by atoms with Gasteiger partial charge in [0.05, 0.1) is 0 Å². The molecule has 15 heavy (non-hydrogen) atoms. The van der Waals surface area contributed by atoms with Crippen LogP contribution in [0.25, 0.3) is 11.4 Å².